The highest BCUT2D eigenvalue weighted by Crippen LogP contribution is 2.38. The second-order valence-corrected chi connectivity index (χ2v) is 6.13. The average Bonchev–Trinajstić information content (AvgIpc) is 2.45. The largest absolute Gasteiger partial charge is 0.351 e. The van der Waals surface area contributed by atoms with Gasteiger partial charge in [0.2, 0.25) is 0 Å². The van der Waals surface area contributed by atoms with E-state index in [0.29, 0.717) is 6.61 Å². The molecule has 1 atom stereocenters. The molecular formula is C18H23NO. The fraction of sp³-hybridized carbons (Fsp3) is 0.333. The Labute approximate surface area is 121 Å². The van der Waals surface area contributed by atoms with Gasteiger partial charge in [0.1, 0.15) is 5.72 Å². The lowest BCUT2D eigenvalue weighted by Gasteiger charge is -2.41. The number of hydrogen-bond donors (Lipinski definition) is 1. The molecule has 0 spiro atoms. The lowest BCUT2D eigenvalue weighted by molar-refractivity contribution is -0.130. The van der Waals surface area contributed by atoms with E-state index in [9.17, 15) is 0 Å². The van der Waals surface area contributed by atoms with Gasteiger partial charge < -0.3 is 4.74 Å². The molecular weight excluding hydrogens is 246 g/mol. The maximum atomic E-state index is 6.62. The van der Waals surface area contributed by atoms with E-state index in [0.717, 1.165) is 11.1 Å². The van der Waals surface area contributed by atoms with Crippen LogP contribution in [0.5, 0.6) is 0 Å². The molecule has 0 aromatic heterocycles. The summed E-state index contributed by atoms with van der Waals surface area (Å²) >= 11 is 0. The van der Waals surface area contributed by atoms with Crippen molar-refractivity contribution in [3.63, 3.8) is 0 Å². The Morgan fingerprint density at radius 1 is 0.850 bits per heavy atom. The van der Waals surface area contributed by atoms with Crippen LogP contribution in [0.4, 0.5) is 0 Å². The smallest absolute Gasteiger partial charge is 0.148 e. The highest BCUT2D eigenvalue weighted by molar-refractivity contribution is 5.24. The minimum atomic E-state index is -0.815. The van der Waals surface area contributed by atoms with Gasteiger partial charge in [-0.2, -0.15) is 0 Å². The Kier molecular flexibility index (Phi) is 4.26. The maximum Gasteiger partial charge on any atom is 0.148 e. The van der Waals surface area contributed by atoms with Crippen molar-refractivity contribution in [2.75, 3.05) is 0 Å². The minimum Gasteiger partial charge on any atom is -0.351 e. The van der Waals surface area contributed by atoms with Crippen molar-refractivity contribution in [2.24, 2.45) is 11.1 Å². The summed E-state index contributed by atoms with van der Waals surface area (Å²) in [5.41, 5.74) is 7.73. The Balaban J connectivity index is 2.25. The van der Waals surface area contributed by atoms with Crippen molar-refractivity contribution in [3.8, 4) is 0 Å². The van der Waals surface area contributed by atoms with E-state index < -0.39 is 5.72 Å². The van der Waals surface area contributed by atoms with E-state index in [2.05, 4.69) is 20.8 Å². The van der Waals surface area contributed by atoms with Gasteiger partial charge in [0, 0.05) is 5.41 Å². The first-order chi connectivity index (χ1) is 9.43. The predicted molar refractivity (Wildman–Crippen MR) is 83.0 cm³/mol. The van der Waals surface area contributed by atoms with Crippen molar-refractivity contribution in [1.29, 1.82) is 0 Å². The molecule has 2 rings (SSSR count). The Bertz CT molecular complexity index is 530. The van der Waals surface area contributed by atoms with Crippen molar-refractivity contribution >= 4 is 0 Å². The summed E-state index contributed by atoms with van der Waals surface area (Å²) in [5, 5.41) is 0. The minimum absolute atomic E-state index is 0.205. The second-order valence-electron chi connectivity index (χ2n) is 6.13. The number of rotatable bonds is 4. The van der Waals surface area contributed by atoms with Gasteiger partial charge in [0.15, 0.2) is 0 Å². The SMILES string of the molecule is CC(C)(C)C(N)(OCc1ccccc1)c1ccccc1. The first-order valence-electron chi connectivity index (χ1n) is 6.96. The van der Waals surface area contributed by atoms with Gasteiger partial charge in [0.25, 0.3) is 0 Å². The Morgan fingerprint density at radius 2 is 1.35 bits per heavy atom. The molecule has 0 aliphatic carbocycles. The monoisotopic (exact) mass is 269 g/mol. The molecule has 2 nitrogen and oxygen atoms in total. The van der Waals surface area contributed by atoms with Gasteiger partial charge in [0.05, 0.1) is 6.61 Å². The highest BCUT2D eigenvalue weighted by atomic mass is 16.5. The highest BCUT2D eigenvalue weighted by Gasteiger charge is 2.41. The third-order valence-corrected chi connectivity index (χ3v) is 3.63. The van der Waals surface area contributed by atoms with Crippen molar-refractivity contribution in [3.05, 3.63) is 71.8 Å². The van der Waals surface area contributed by atoms with E-state index in [1.807, 2.05) is 60.7 Å². The molecule has 0 aliphatic rings. The van der Waals surface area contributed by atoms with Crippen LogP contribution in [-0.2, 0) is 17.1 Å². The average molecular weight is 269 g/mol. The molecule has 1 unspecified atom stereocenters. The molecule has 0 aliphatic heterocycles. The zero-order valence-electron chi connectivity index (χ0n) is 12.5. The fourth-order valence-corrected chi connectivity index (χ4v) is 2.19. The van der Waals surface area contributed by atoms with E-state index in [1.165, 1.54) is 0 Å². The van der Waals surface area contributed by atoms with Crippen LogP contribution >= 0.6 is 0 Å². The zero-order chi connectivity index (χ0) is 14.6. The van der Waals surface area contributed by atoms with Crippen LogP contribution in [-0.4, -0.2) is 0 Å². The van der Waals surface area contributed by atoms with Crippen LogP contribution in [0.25, 0.3) is 0 Å². The number of ether oxygens (including phenoxy) is 1. The van der Waals surface area contributed by atoms with Crippen LogP contribution < -0.4 is 5.73 Å². The molecule has 20 heavy (non-hydrogen) atoms. The molecule has 2 aromatic carbocycles. The summed E-state index contributed by atoms with van der Waals surface area (Å²) in [5.74, 6) is 0. The molecule has 2 aromatic rings. The predicted octanol–water partition coefficient (Wildman–Crippen LogP) is 4.06. The molecule has 0 fully saturated rings. The van der Waals surface area contributed by atoms with Crippen molar-refractivity contribution in [1.82, 2.24) is 0 Å². The Hall–Kier alpha value is -1.64. The molecule has 0 amide bonds. The molecule has 0 bridgehead atoms. The molecule has 0 heterocycles. The van der Waals surface area contributed by atoms with Gasteiger partial charge in [-0.05, 0) is 11.1 Å². The van der Waals surface area contributed by atoms with Crippen LogP contribution in [0.1, 0.15) is 31.9 Å². The number of nitrogens with two attached hydrogens (primary N) is 1. The molecule has 0 saturated carbocycles. The maximum absolute atomic E-state index is 6.62. The summed E-state index contributed by atoms with van der Waals surface area (Å²) < 4.78 is 6.14. The normalized spacial score (nSPS) is 14.8. The molecule has 2 heteroatoms. The molecule has 106 valence electrons. The number of hydrogen-bond acceptors (Lipinski definition) is 2. The second kappa shape index (κ2) is 5.78. The Morgan fingerprint density at radius 3 is 1.85 bits per heavy atom. The van der Waals surface area contributed by atoms with Gasteiger partial charge in [-0.25, -0.2) is 0 Å². The first kappa shape index (κ1) is 14.8. The summed E-state index contributed by atoms with van der Waals surface area (Å²) in [6, 6.07) is 20.1. The van der Waals surface area contributed by atoms with E-state index >= 15 is 0 Å². The summed E-state index contributed by atoms with van der Waals surface area (Å²) in [6.07, 6.45) is 0. The zero-order valence-corrected chi connectivity index (χ0v) is 12.5. The van der Waals surface area contributed by atoms with E-state index in [-0.39, 0.29) is 5.41 Å². The third kappa shape index (κ3) is 3.09. The fourth-order valence-electron chi connectivity index (χ4n) is 2.19. The van der Waals surface area contributed by atoms with Crippen LogP contribution in [0, 0.1) is 5.41 Å². The van der Waals surface area contributed by atoms with Crippen molar-refractivity contribution in [2.45, 2.75) is 33.1 Å². The van der Waals surface area contributed by atoms with Gasteiger partial charge in [-0.15, -0.1) is 0 Å². The molecule has 0 saturated heterocycles. The van der Waals surface area contributed by atoms with Gasteiger partial charge >= 0.3 is 0 Å². The lowest BCUT2D eigenvalue weighted by Crippen LogP contribution is -2.50. The molecule has 0 radical (unpaired) electrons. The van der Waals surface area contributed by atoms with Crippen LogP contribution in [0.2, 0.25) is 0 Å². The number of benzene rings is 2. The first-order valence-corrected chi connectivity index (χ1v) is 6.96. The molecule has 2 N–H and O–H groups in total. The topological polar surface area (TPSA) is 35.2 Å². The lowest BCUT2D eigenvalue weighted by atomic mass is 9.79. The quantitative estimate of drug-likeness (QED) is 0.849. The summed E-state index contributed by atoms with van der Waals surface area (Å²) in [4.78, 5) is 0. The van der Waals surface area contributed by atoms with Crippen LogP contribution in [0.15, 0.2) is 60.7 Å². The summed E-state index contributed by atoms with van der Waals surface area (Å²) in [6.45, 7) is 6.81. The van der Waals surface area contributed by atoms with Gasteiger partial charge in [-0.1, -0.05) is 81.4 Å². The summed E-state index contributed by atoms with van der Waals surface area (Å²) in [7, 11) is 0. The van der Waals surface area contributed by atoms with Crippen molar-refractivity contribution < 1.29 is 4.74 Å². The van der Waals surface area contributed by atoms with E-state index in [1.54, 1.807) is 0 Å². The standard InChI is InChI=1S/C18H23NO/c1-17(2,3)18(19,16-12-8-5-9-13-16)20-14-15-10-6-4-7-11-15/h4-13H,14,19H2,1-3H3. The third-order valence-electron chi connectivity index (χ3n) is 3.63. The van der Waals surface area contributed by atoms with Crippen LogP contribution in [0.3, 0.4) is 0 Å². The van der Waals surface area contributed by atoms with E-state index in [4.69, 9.17) is 10.5 Å². The van der Waals surface area contributed by atoms with Gasteiger partial charge in [-0.3, -0.25) is 5.73 Å².